The van der Waals surface area contributed by atoms with E-state index in [4.69, 9.17) is 0 Å². The number of hydrogen-bond donors (Lipinski definition) is 2. The molecule has 1 heterocycles. The number of hydrogen-bond acceptors (Lipinski definition) is 6. The highest BCUT2D eigenvalue weighted by Crippen LogP contribution is 2.23. The van der Waals surface area contributed by atoms with Gasteiger partial charge in [-0.1, -0.05) is 20.8 Å². The summed E-state index contributed by atoms with van der Waals surface area (Å²) in [7, 11) is 0. The number of thioether (sulfide) groups is 1. The molecule has 0 radical (unpaired) electrons. The molecule has 0 aromatic carbocycles. The van der Waals surface area contributed by atoms with Crippen LogP contribution in [0.5, 0.6) is 0 Å². The predicted molar refractivity (Wildman–Crippen MR) is 76.1 cm³/mol. The van der Waals surface area contributed by atoms with Gasteiger partial charge in [-0.05, 0) is 18.4 Å². The first-order valence-corrected chi connectivity index (χ1v) is 7.84. The molecule has 0 spiro atoms. The molecule has 1 aromatic rings. The van der Waals surface area contributed by atoms with E-state index in [0.29, 0.717) is 0 Å². The zero-order valence-corrected chi connectivity index (χ0v) is 12.5. The van der Waals surface area contributed by atoms with Crippen LogP contribution in [-0.2, 0) is 5.41 Å². The van der Waals surface area contributed by atoms with Crippen molar-refractivity contribution < 1.29 is 5.11 Å². The lowest BCUT2D eigenvalue weighted by Crippen LogP contribution is -2.24. The molecule has 2 N–H and O–H groups in total. The first-order valence-electron chi connectivity index (χ1n) is 5.68. The standard InChI is InChI=1S/C11H21N3OS2/c1-11(2,3)9-13-10(17-14-9)12-8(7-15)5-6-16-4/h8,15H,5-7H2,1-4H3,(H,12,13,14). The van der Waals surface area contributed by atoms with Gasteiger partial charge in [-0.3, -0.25) is 0 Å². The van der Waals surface area contributed by atoms with E-state index in [9.17, 15) is 5.11 Å². The molecule has 4 nitrogen and oxygen atoms in total. The minimum absolute atomic E-state index is 0.0234. The maximum atomic E-state index is 9.27. The van der Waals surface area contributed by atoms with Crippen molar-refractivity contribution in [2.24, 2.45) is 0 Å². The lowest BCUT2D eigenvalue weighted by atomic mass is 9.96. The number of aromatic nitrogens is 2. The summed E-state index contributed by atoms with van der Waals surface area (Å²) in [5, 5.41) is 13.3. The summed E-state index contributed by atoms with van der Waals surface area (Å²) in [6.07, 6.45) is 3.00. The molecule has 0 aliphatic rings. The van der Waals surface area contributed by atoms with Gasteiger partial charge in [0.1, 0.15) is 5.82 Å². The second-order valence-electron chi connectivity index (χ2n) is 4.98. The minimum atomic E-state index is -0.0234. The van der Waals surface area contributed by atoms with Crippen LogP contribution in [0, 0.1) is 0 Å². The third-order valence-electron chi connectivity index (χ3n) is 2.32. The second kappa shape index (κ2) is 6.56. The average Bonchev–Trinajstić information content (AvgIpc) is 2.72. The fourth-order valence-electron chi connectivity index (χ4n) is 1.23. The van der Waals surface area contributed by atoms with Crippen molar-refractivity contribution in [3.05, 3.63) is 5.82 Å². The highest BCUT2D eigenvalue weighted by Gasteiger charge is 2.20. The van der Waals surface area contributed by atoms with Gasteiger partial charge < -0.3 is 10.4 Å². The fourth-order valence-corrected chi connectivity index (χ4v) is 2.59. The molecular weight excluding hydrogens is 254 g/mol. The molecule has 6 heteroatoms. The topological polar surface area (TPSA) is 58.0 Å². The molecule has 98 valence electrons. The highest BCUT2D eigenvalue weighted by atomic mass is 32.2. The van der Waals surface area contributed by atoms with Crippen LogP contribution in [0.1, 0.15) is 33.0 Å². The van der Waals surface area contributed by atoms with Crippen LogP contribution in [-0.4, -0.2) is 39.1 Å². The van der Waals surface area contributed by atoms with E-state index in [1.165, 1.54) is 11.5 Å². The monoisotopic (exact) mass is 275 g/mol. The van der Waals surface area contributed by atoms with E-state index < -0.39 is 0 Å². The Balaban J connectivity index is 2.58. The molecule has 1 rings (SSSR count). The molecule has 1 aromatic heterocycles. The zero-order valence-electron chi connectivity index (χ0n) is 10.9. The summed E-state index contributed by atoms with van der Waals surface area (Å²) < 4.78 is 4.34. The van der Waals surface area contributed by atoms with Gasteiger partial charge in [0.2, 0.25) is 5.13 Å². The van der Waals surface area contributed by atoms with Gasteiger partial charge in [-0.2, -0.15) is 16.1 Å². The smallest absolute Gasteiger partial charge is 0.202 e. The van der Waals surface area contributed by atoms with E-state index in [2.05, 4.69) is 41.7 Å². The van der Waals surface area contributed by atoms with Crippen molar-refractivity contribution in [3.63, 3.8) is 0 Å². The van der Waals surface area contributed by atoms with Gasteiger partial charge in [0, 0.05) is 16.9 Å². The van der Waals surface area contributed by atoms with Gasteiger partial charge in [-0.25, -0.2) is 4.98 Å². The maximum absolute atomic E-state index is 9.27. The van der Waals surface area contributed by atoms with Crippen molar-refractivity contribution in [1.82, 2.24) is 9.36 Å². The number of aliphatic hydroxyl groups is 1. The molecular formula is C11H21N3OS2. The summed E-state index contributed by atoms with van der Waals surface area (Å²) >= 11 is 3.15. The van der Waals surface area contributed by atoms with Crippen LogP contribution < -0.4 is 5.32 Å². The zero-order chi connectivity index (χ0) is 12.9. The molecule has 0 bridgehead atoms. The maximum Gasteiger partial charge on any atom is 0.202 e. The molecule has 0 aliphatic carbocycles. The first-order chi connectivity index (χ1) is 7.97. The Morgan fingerprint density at radius 2 is 2.18 bits per heavy atom. The molecule has 0 saturated heterocycles. The van der Waals surface area contributed by atoms with Crippen molar-refractivity contribution >= 4 is 28.4 Å². The average molecular weight is 275 g/mol. The summed E-state index contributed by atoms with van der Waals surface area (Å²) in [6, 6.07) is 0.0724. The van der Waals surface area contributed by atoms with Gasteiger partial charge in [0.05, 0.1) is 12.6 Å². The Morgan fingerprint density at radius 1 is 1.47 bits per heavy atom. The Hall–Kier alpha value is -0.330. The van der Waals surface area contributed by atoms with Crippen molar-refractivity contribution in [2.45, 2.75) is 38.6 Å². The van der Waals surface area contributed by atoms with Crippen LogP contribution in [0.25, 0.3) is 0 Å². The summed E-state index contributed by atoms with van der Waals surface area (Å²) in [5.41, 5.74) is -0.0234. The number of aliphatic hydroxyl groups excluding tert-OH is 1. The van der Waals surface area contributed by atoms with Crippen LogP contribution in [0.4, 0.5) is 5.13 Å². The van der Waals surface area contributed by atoms with E-state index >= 15 is 0 Å². The molecule has 17 heavy (non-hydrogen) atoms. The Morgan fingerprint density at radius 3 is 2.65 bits per heavy atom. The van der Waals surface area contributed by atoms with E-state index in [-0.39, 0.29) is 18.1 Å². The van der Waals surface area contributed by atoms with Gasteiger partial charge in [0.15, 0.2) is 0 Å². The Kier molecular flexibility index (Phi) is 5.69. The largest absolute Gasteiger partial charge is 0.394 e. The van der Waals surface area contributed by atoms with Crippen LogP contribution in [0.2, 0.25) is 0 Å². The number of anilines is 1. The van der Waals surface area contributed by atoms with Gasteiger partial charge in [-0.15, -0.1) is 0 Å². The highest BCUT2D eigenvalue weighted by molar-refractivity contribution is 7.98. The number of nitrogens with one attached hydrogen (secondary N) is 1. The first kappa shape index (κ1) is 14.7. The molecule has 0 aliphatic heterocycles. The molecule has 0 fully saturated rings. The van der Waals surface area contributed by atoms with Crippen molar-refractivity contribution in [1.29, 1.82) is 0 Å². The SMILES string of the molecule is CSCCC(CO)Nc1nc(C(C)(C)C)ns1. The van der Waals surface area contributed by atoms with E-state index in [1.807, 2.05) is 0 Å². The van der Waals surface area contributed by atoms with E-state index in [0.717, 1.165) is 23.1 Å². The summed E-state index contributed by atoms with van der Waals surface area (Å²) in [4.78, 5) is 4.46. The normalized spacial score (nSPS) is 13.7. The lowest BCUT2D eigenvalue weighted by Gasteiger charge is -2.15. The summed E-state index contributed by atoms with van der Waals surface area (Å²) in [5.74, 6) is 1.88. The van der Waals surface area contributed by atoms with Gasteiger partial charge in [0.25, 0.3) is 0 Å². The Labute approximate surface area is 111 Å². The molecule has 1 unspecified atom stereocenters. The number of nitrogens with zero attached hydrogens (tertiary/aromatic N) is 2. The fraction of sp³-hybridized carbons (Fsp3) is 0.818. The predicted octanol–water partition coefficient (Wildman–Crippen LogP) is 2.36. The van der Waals surface area contributed by atoms with E-state index in [1.54, 1.807) is 11.8 Å². The summed E-state index contributed by atoms with van der Waals surface area (Å²) in [6.45, 7) is 6.41. The number of rotatable bonds is 6. The van der Waals surface area contributed by atoms with Gasteiger partial charge >= 0.3 is 0 Å². The molecule has 0 saturated carbocycles. The molecule has 0 amide bonds. The van der Waals surface area contributed by atoms with Crippen LogP contribution in [0.3, 0.4) is 0 Å². The quantitative estimate of drug-likeness (QED) is 0.834. The third kappa shape index (κ3) is 4.81. The second-order valence-corrected chi connectivity index (χ2v) is 6.72. The van der Waals surface area contributed by atoms with Crippen molar-refractivity contribution in [3.8, 4) is 0 Å². The lowest BCUT2D eigenvalue weighted by molar-refractivity contribution is 0.272. The van der Waals surface area contributed by atoms with Crippen molar-refractivity contribution in [2.75, 3.05) is 23.9 Å². The molecule has 1 atom stereocenters. The van der Waals surface area contributed by atoms with Crippen LogP contribution >= 0.6 is 23.3 Å². The minimum Gasteiger partial charge on any atom is -0.394 e. The third-order valence-corrected chi connectivity index (χ3v) is 3.61. The Bertz CT molecular complexity index is 336. The van der Waals surface area contributed by atoms with Crippen LogP contribution in [0.15, 0.2) is 0 Å².